The molecule has 0 fully saturated rings. The van der Waals surface area contributed by atoms with E-state index in [9.17, 15) is 0 Å². The summed E-state index contributed by atoms with van der Waals surface area (Å²) in [5.74, 6) is 3.14. The van der Waals surface area contributed by atoms with E-state index >= 15 is 0 Å². The van der Waals surface area contributed by atoms with E-state index in [2.05, 4.69) is 172 Å². The van der Waals surface area contributed by atoms with Gasteiger partial charge >= 0.3 is 0 Å². The first kappa shape index (κ1) is 35.6. The summed E-state index contributed by atoms with van der Waals surface area (Å²) in [6.45, 7) is 9.40. The van der Waals surface area contributed by atoms with Crippen LogP contribution in [-0.2, 0) is 0 Å². The zero-order valence-corrected chi connectivity index (χ0v) is 33.6. The van der Waals surface area contributed by atoms with Crippen molar-refractivity contribution in [3.05, 3.63) is 146 Å². The fourth-order valence-electron chi connectivity index (χ4n) is 6.03. The molecule has 0 spiro atoms. The minimum Gasteiger partial charge on any atom is -0.496 e. The minimum absolute atomic E-state index is 0.726. The molecule has 8 heteroatoms. The van der Waals surface area contributed by atoms with E-state index in [1.165, 1.54) is 10.4 Å². The van der Waals surface area contributed by atoms with E-state index in [0.29, 0.717) is 0 Å². The van der Waals surface area contributed by atoms with Crippen LogP contribution in [0.5, 0.6) is 23.0 Å². The van der Waals surface area contributed by atoms with Crippen molar-refractivity contribution in [1.29, 1.82) is 0 Å². The van der Waals surface area contributed by atoms with Gasteiger partial charge in [-0.3, -0.25) is 0 Å². The third-order valence-electron chi connectivity index (χ3n) is 8.56. The van der Waals surface area contributed by atoms with Crippen molar-refractivity contribution in [3.63, 3.8) is 0 Å². The van der Waals surface area contributed by atoms with Crippen LogP contribution in [0, 0.1) is 0 Å². The summed E-state index contributed by atoms with van der Waals surface area (Å²) in [6, 6.07) is 50.8. The highest BCUT2D eigenvalue weighted by molar-refractivity contribution is 7.69. The molecule has 0 saturated heterocycles. The van der Waals surface area contributed by atoms with Gasteiger partial charge in [0.1, 0.15) is 23.0 Å². The van der Waals surface area contributed by atoms with Gasteiger partial charge in [0.15, 0.2) is 16.3 Å². The van der Waals surface area contributed by atoms with Crippen molar-refractivity contribution < 1.29 is 18.5 Å². The van der Waals surface area contributed by atoms with Gasteiger partial charge in [-0.2, -0.15) is 0 Å². The Hall–Kier alpha value is -4.19. The number of methoxy groups -OCH3 is 2. The monoisotopic (exact) mass is 730 g/mol. The second-order valence-electron chi connectivity index (χ2n) is 12.5. The summed E-state index contributed by atoms with van der Waals surface area (Å²) in [6.07, 6.45) is 0. The lowest BCUT2D eigenvalue weighted by molar-refractivity contribution is 0.408. The number of benzene rings is 6. The molecule has 0 saturated carbocycles. The molecule has 0 aliphatic rings. The van der Waals surface area contributed by atoms with E-state index in [-0.39, 0.29) is 0 Å². The molecule has 254 valence electrons. The molecule has 0 atom stereocenters. The summed E-state index contributed by atoms with van der Waals surface area (Å²) in [5.41, 5.74) is 1.76. The molecule has 6 aromatic rings. The summed E-state index contributed by atoms with van der Waals surface area (Å²) in [5, 5.41) is 7.02. The van der Waals surface area contributed by atoms with E-state index in [1.54, 1.807) is 14.2 Å². The van der Waals surface area contributed by atoms with Gasteiger partial charge in [-0.05, 0) is 22.5 Å². The molecule has 6 rings (SSSR count). The van der Waals surface area contributed by atoms with Crippen molar-refractivity contribution in [2.24, 2.45) is 0 Å². The molecule has 0 aromatic heterocycles. The van der Waals surface area contributed by atoms with Crippen molar-refractivity contribution in [2.75, 3.05) is 14.2 Å². The Morgan fingerprint density at radius 3 is 0.900 bits per heavy atom. The maximum Gasteiger partial charge on any atom is 0.150 e. The van der Waals surface area contributed by atoms with Gasteiger partial charge in [0, 0.05) is 21.2 Å². The second-order valence-corrected chi connectivity index (χ2v) is 22.0. The van der Waals surface area contributed by atoms with Gasteiger partial charge in [-0.25, -0.2) is 0 Å². The van der Waals surface area contributed by atoms with Crippen LogP contribution in [0.1, 0.15) is 0 Å². The van der Waals surface area contributed by atoms with Gasteiger partial charge in [-0.1, -0.05) is 160 Å². The third kappa shape index (κ3) is 7.75. The van der Waals surface area contributed by atoms with Crippen LogP contribution >= 0.6 is 16.3 Å². The Labute approximate surface area is 302 Å². The largest absolute Gasteiger partial charge is 0.496 e. The van der Waals surface area contributed by atoms with E-state index < -0.39 is 33.9 Å². The first-order valence-electron chi connectivity index (χ1n) is 17.0. The molecule has 0 aliphatic heterocycles. The zero-order valence-electron chi connectivity index (χ0n) is 29.5. The van der Waals surface area contributed by atoms with Crippen LogP contribution in [-0.4, -0.2) is 31.8 Å². The third-order valence-corrected chi connectivity index (χ3v) is 15.8. The Morgan fingerprint density at radius 1 is 0.380 bits per heavy atom. The predicted octanol–water partition coefficient (Wildman–Crippen LogP) is 7.61. The fourth-order valence-corrected chi connectivity index (χ4v) is 12.2. The fraction of sp³-hybridized carbons (Fsp3) is 0.143. The highest BCUT2D eigenvalue weighted by Crippen LogP contribution is 2.52. The maximum absolute atomic E-state index is 7.46. The average Bonchev–Trinajstić information content (AvgIpc) is 3.16. The zero-order chi connectivity index (χ0) is 35.0. The Bertz CT molecular complexity index is 1770. The smallest absolute Gasteiger partial charge is 0.150 e. The molecule has 0 heterocycles. The van der Waals surface area contributed by atoms with Crippen LogP contribution in [0.2, 0.25) is 26.2 Å². The van der Waals surface area contributed by atoms with Gasteiger partial charge in [0.05, 0.1) is 42.9 Å². The first-order valence-corrected chi connectivity index (χ1v) is 25.3. The maximum atomic E-state index is 7.46. The molecule has 0 unspecified atom stereocenters. The number of hydrogen-bond acceptors (Lipinski definition) is 4. The molecule has 6 aromatic carbocycles. The summed E-state index contributed by atoms with van der Waals surface area (Å²) >= 11 is 0. The first-order chi connectivity index (χ1) is 24.4. The van der Waals surface area contributed by atoms with Crippen molar-refractivity contribution in [3.8, 4) is 34.1 Å². The van der Waals surface area contributed by atoms with Crippen LogP contribution < -0.4 is 50.1 Å². The van der Waals surface area contributed by atoms with Gasteiger partial charge in [0.2, 0.25) is 0 Å². The molecular formula is C42H44O4P2Si2. The van der Waals surface area contributed by atoms with E-state index in [0.717, 1.165) is 55.3 Å². The van der Waals surface area contributed by atoms with Crippen LogP contribution in [0.4, 0.5) is 0 Å². The predicted molar refractivity (Wildman–Crippen MR) is 221 cm³/mol. The number of rotatable bonds is 13. The quantitative estimate of drug-likeness (QED) is 0.0906. The van der Waals surface area contributed by atoms with Crippen LogP contribution in [0.3, 0.4) is 0 Å². The number of ether oxygens (including phenoxy) is 2. The van der Waals surface area contributed by atoms with E-state index in [4.69, 9.17) is 18.5 Å². The molecule has 50 heavy (non-hydrogen) atoms. The van der Waals surface area contributed by atoms with Gasteiger partial charge < -0.3 is 18.5 Å². The number of hydrogen-bond donors (Lipinski definition) is 0. The molecule has 0 amide bonds. The molecule has 0 radical (unpaired) electrons. The highest BCUT2D eigenvalue weighted by atomic mass is 31.1. The molecule has 4 nitrogen and oxygen atoms in total. The topological polar surface area (TPSA) is 36.9 Å². The highest BCUT2D eigenvalue weighted by Gasteiger charge is 2.32. The second kappa shape index (κ2) is 16.7. The lowest BCUT2D eigenvalue weighted by atomic mass is 10.0. The summed E-state index contributed by atoms with van der Waals surface area (Å²) < 4.78 is 27.4. The molecular weight excluding hydrogens is 687 g/mol. The lowest BCUT2D eigenvalue weighted by Crippen LogP contribution is -2.29. The molecule has 0 aliphatic carbocycles. The SMILES string of the molecule is COc1ccc([SiH](C)C)c(OP(c2ccccc2)c2ccccc2)c1-c1c(OC)ccc([SiH](C)C)c1OP(c1ccccc1)c1ccccc1. The minimum atomic E-state index is -1.44. The lowest BCUT2D eigenvalue weighted by Gasteiger charge is -2.29. The normalized spacial score (nSPS) is 11.3. The summed E-state index contributed by atoms with van der Waals surface area (Å²) in [4.78, 5) is 0. The standard InChI is InChI=1S/C42H44O4P2Si2/c1-43-35-27-29-37(49(3)4)41(45-47(31-19-11-7-12-20-31)32-21-13-8-14-22-32)39(35)40-36(44-2)28-30-38(50(5)6)42(40)46-48(33-23-15-9-16-24-33)34-25-17-10-18-26-34/h7-30,49-50H,1-6H3. The van der Waals surface area contributed by atoms with Gasteiger partial charge in [0.25, 0.3) is 0 Å². The van der Waals surface area contributed by atoms with Crippen molar-refractivity contribution in [2.45, 2.75) is 26.2 Å². The summed E-state index contributed by atoms with van der Waals surface area (Å²) in [7, 11) is -1.85. The van der Waals surface area contributed by atoms with Crippen molar-refractivity contribution >= 4 is 65.5 Å². The van der Waals surface area contributed by atoms with Crippen LogP contribution in [0.15, 0.2) is 146 Å². The Balaban J connectivity index is 1.65. The Kier molecular flexibility index (Phi) is 11.9. The van der Waals surface area contributed by atoms with Crippen molar-refractivity contribution in [1.82, 2.24) is 0 Å². The molecule has 0 N–H and O–H groups in total. The Morgan fingerprint density at radius 2 is 0.660 bits per heavy atom. The molecule has 0 bridgehead atoms. The van der Waals surface area contributed by atoms with Crippen LogP contribution in [0.25, 0.3) is 11.1 Å². The van der Waals surface area contributed by atoms with Gasteiger partial charge in [-0.15, -0.1) is 0 Å². The van der Waals surface area contributed by atoms with E-state index in [1.807, 2.05) is 0 Å². The average molecular weight is 731 g/mol.